The molecule has 0 saturated carbocycles. The van der Waals surface area contributed by atoms with Crippen molar-refractivity contribution in [3.63, 3.8) is 0 Å². The van der Waals surface area contributed by atoms with Crippen LogP contribution >= 0.6 is 23.2 Å². The molecule has 0 fully saturated rings. The minimum Gasteiger partial charge on any atom is -0.481 e. The second-order valence-electron chi connectivity index (χ2n) is 4.31. The standard InChI is InChI=1S/C13H16Cl2N2O3/c1-2-8(6-11(18)19)7-16-13(20)17-10-5-3-4-9(14)12(10)15/h3-5,8H,2,6-7H2,1H3,(H,18,19)(H2,16,17,20). The molecule has 0 bridgehead atoms. The zero-order valence-corrected chi connectivity index (χ0v) is 12.5. The van der Waals surface area contributed by atoms with Crippen LogP contribution in [0.25, 0.3) is 0 Å². The highest BCUT2D eigenvalue weighted by molar-refractivity contribution is 6.43. The van der Waals surface area contributed by atoms with Crippen LogP contribution in [0.3, 0.4) is 0 Å². The largest absolute Gasteiger partial charge is 0.481 e. The number of carboxylic acids is 1. The molecule has 1 aromatic carbocycles. The third kappa shape index (κ3) is 5.27. The Kier molecular flexibility index (Phi) is 6.61. The van der Waals surface area contributed by atoms with E-state index in [1.54, 1.807) is 18.2 Å². The van der Waals surface area contributed by atoms with E-state index in [-0.39, 0.29) is 23.9 Å². The maximum absolute atomic E-state index is 11.7. The fourth-order valence-corrected chi connectivity index (χ4v) is 1.96. The van der Waals surface area contributed by atoms with Gasteiger partial charge in [-0.3, -0.25) is 4.79 Å². The lowest BCUT2D eigenvalue weighted by atomic mass is 10.0. The highest BCUT2D eigenvalue weighted by Crippen LogP contribution is 2.29. The first-order valence-electron chi connectivity index (χ1n) is 6.14. The average molecular weight is 319 g/mol. The molecule has 5 nitrogen and oxygen atoms in total. The first-order chi connectivity index (χ1) is 9.43. The third-order valence-electron chi connectivity index (χ3n) is 2.79. The van der Waals surface area contributed by atoms with Gasteiger partial charge < -0.3 is 15.7 Å². The van der Waals surface area contributed by atoms with Gasteiger partial charge in [-0.15, -0.1) is 0 Å². The maximum atomic E-state index is 11.7. The second kappa shape index (κ2) is 7.97. The molecule has 1 atom stereocenters. The smallest absolute Gasteiger partial charge is 0.319 e. The minimum absolute atomic E-state index is 0.0225. The van der Waals surface area contributed by atoms with Crippen molar-refractivity contribution >= 4 is 40.9 Å². The van der Waals surface area contributed by atoms with E-state index in [0.717, 1.165) is 0 Å². The molecule has 0 aliphatic carbocycles. The summed E-state index contributed by atoms with van der Waals surface area (Å²) in [4.78, 5) is 22.3. The molecule has 3 N–H and O–H groups in total. The Morgan fingerprint density at radius 1 is 1.35 bits per heavy atom. The van der Waals surface area contributed by atoms with Crippen molar-refractivity contribution < 1.29 is 14.7 Å². The van der Waals surface area contributed by atoms with Crippen molar-refractivity contribution in [3.8, 4) is 0 Å². The van der Waals surface area contributed by atoms with Crippen molar-refractivity contribution in [2.75, 3.05) is 11.9 Å². The summed E-state index contributed by atoms with van der Waals surface area (Å²) in [6.45, 7) is 2.16. The lowest BCUT2D eigenvalue weighted by Gasteiger charge is -2.14. The Morgan fingerprint density at radius 2 is 2.05 bits per heavy atom. The zero-order chi connectivity index (χ0) is 15.1. The van der Waals surface area contributed by atoms with Crippen LogP contribution in [0.1, 0.15) is 19.8 Å². The van der Waals surface area contributed by atoms with Crippen molar-refractivity contribution in [1.29, 1.82) is 0 Å². The predicted octanol–water partition coefficient (Wildman–Crippen LogP) is 3.62. The van der Waals surface area contributed by atoms with Gasteiger partial charge in [0.15, 0.2) is 0 Å². The molecule has 0 radical (unpaired) electrons. The lowest BCUT2D eigenvalue weighted by molar-refractivity contribution is -0.138. The van der Waals surface area contributed by atoms with Gasteiger partial charge in [0, 0.05) is 13.0 Å². The van der Waals surface area contributed by atoms with Crippen molar-refractivity contribution in [1.82, 2.24) is 5.32 Å². The van der Waals surface area contributed by atoms with E-state index in [1.165, 1.54) is 0 Å². The normalized spacial score (nSPS) is 11.8. The van der Waals surface area contributed by atoms with Crippen molar-refractivity contribution in [3.05, 3.63) is 28.2 Å². The van der Waals surface area contributed by atoms with Gasteiger partial charge in [0.2, 0.25) is 0 Å². The molecule has 2 amide bonds. The van der Waals surface area contributed by atoms with Crippen LogP contribution in [0.2, 0.25) is 10.0 Å². The topological polar surface area (TPSA) is 78.4 Å². The third-order valence-corrected chi connectivity index (χ3v) is 3.61. The van der Waals surface area contributed by atoms with Crippen LogP contribution in [0.4, 0.5) is 10.5 Å². The van der Waals surface area contributed by atoms with Gasteiger partial charge >= 0.3 is 12.0 Å². The fraction of sp³-hybridized carbons (Fsp3) is 0.385. The summed E-state index contributed by atoms with van der Waals surface area (Å²) in [5.41, 5.74) is 0.406. The number of carbonyl (C=O) groups is 2. The molecule has 7 heteroatoms. The number of hydrogen-bond acceptors (Lipinski definition) is 2. The SMILES string of the molecule is CCC(CNC(=O)Nc1cccc(Cl)c1Cl)CC(=O)O. The van der Waals surface area contributed by atoms with Gasteiger partial charge in [0.05, 0.1) is 15.7 Å². The van der Waals surface area contributed by atoms with Gasteiger partial charge in [-0.1, -0.05) is 42.6 Å². The maximum Gasteiger partial charge on any atom is 0.319 e. The molecular weight excluding hydrogens is 303 g/mol. The number of carboxylic acid groups (broad SMARTS) is 1. The van der Waals surface area contributed by atoms with Gasteiger partial charge in [-0.05, 0) is 18.1 Å². The van der Waals surface area contributed by atoms with E-state index < -0.39 is 12.0 Å². The second-order valence-corrected chi connectivity index (χ2v) is 5.09. The van der Waals surface area contributed by atoms with E-state index >= 15 is 0 Å². The minimum atomic E-state index is -0.878. The van der Waals surface area contributed by atoms with Crippen LogP contribution in [-0.4, -0.2) is 23.7 Å². The van der Waals surface area contributed by atoms with Crippen molar-refractivity contribution in [2.45, 2.75) is 19.8 Å². The van der Waals surface area contributed by atoms with E-state index in [4.69, 9.17) is 28.3 Å². The molecule has 20 heavy (non-hydrogen) atoms. The Bertz CT molecular complexity index is 495. The van der Waals surface area contributed by atoms with E-state index in [2.05, 4.69) is 10.6 Å². The first-order valence-corrected chi connectivity index (χ1v) is 6.90. The number of carbonyl (C=O) groups excluding carboxylic acids is 1. The molecule has 0 saturated heterocycles. The number of rotatable bonds is 6. The van der Waals surface area contributed by atoms with Crippen molar-refractivity contribution in [2.24, 2.45) is 5.92 Å². The highest BCUT2D eigenvalue weighted by Gasteiger charge is 2.13. The Labute approximate surface area is 127 Å². The summed E-state index contributed by atoms with van der Waals surface area (Å²) in [6.07, 6.45) is 0.694. The summed E-state index contributed by atoms with van der Waals surface area (Å²) >= 11 is 11.8. The molecular formula is C13H16Cl2N2O3. The molecule has 0 heterocycles. The monoisotopic (exact) mass is 318 g/mol. The zero-order valence-electron chi connectivity index (χ0n) is 11.0. The summed E-state index contributed by atoms with van der Waals surface area (Å²) in [7, 11) is 0. The van der Waals surface area contributed by atoms with Crippen LogP contribution in [0.15, 0.2) is 18.2 Å². The number of benzene rings is 1. The molecule has 0 aromatic heterocycles. The summed E-state index contributed by atoms with van der Waals surface area (Å²) < 4.78 is 0. The number of urea groups is 1. The van der Waals surface area contributed by atoms with Crippen LogP contribution < -0.4 is 10.6 Å². The summed E-state index contributed by atoms with van der Waals surface area (Å²) in [5.74, 6) is -0.981. The van der Waals surface area contributed by atoms with Gasteiger partial charge in [-0.2, -0.15) is 0 Å². The summed E-state index contributed by atoms with van der Waals surface area (Å²) in [5, 5.41) is 14.5. The number of anilines is 1. The van der Waals surface area contributed by atoms with E-state index in [1.807, 2.05) is 6.92 Å². The van der Waals surface area contributed by atoms with Crippen LogP contribution in [0, 0.1) is 5.92 Å². The van der Waals surface area contributed by atoms with Gasteiger partial charge in [-0.25, -0.2) is 4.79 Å². The van der Waals surface area contributed by atoms with E-state index in [9.17, 15) is 9.59 Å². The number of nitrogens with one attached hydrogen (secondary N) is 2. The molecule has 1 unspecified atom stereocenters. The number of hydrogen-bond donors (Lipinski definition) is 3. The molecule has 110 valence electrons. The Balaban J connectivity index is 2.51. The number of halogens is 2. The van der Waals surface area contributed by atoms with Gasteiger partial charge in [0.25, 0.3) is 0 Å². The van der Waals surface area contributed by atoms with Crippen LogP contribution in [-0.2, 0) is 4.79 Å². The number of aliphatic carboxylic acids is 1. The lowest BCUT2D eigenvalue weighted by Crippen LogP contribution is -2.33. The quantitative estimate of drug-likeness (QED) is 0.749. The Hall–Kier alpha value is -1.46. The molecule has 1 aromatic rings. The average Bonchev–Trinajstić information content (AvgIpc) is 2.39. The Morgan fingerprint density at radius 3 is 2.65 bits per heavy atom. The molecule has 0 spiro atoms. The summed E-state index contributed by atoms with van der Waals surface area (Å²) in [6, 6.07) is 4.47. The first kappa shape index (κ1) is 16.6. The van der Waals surface area contributed by atoms with Gasteiger partial charge in [0.1, 0.15) is 0 Å². The highest BCUT2D eigenvalue weighted by atomic mass is 35.5. The van der Waals surface area contributed by atoms with Crippen LogP contribution in [0.5, 0.6) is 0 Å². The molecule has 0 aliphatic rings. The van der Waals surface area contributed by atoms with E-state index in [0.29, 0.717) is 17.1 Å². The molecule has 0 aliphatic heterocycles. The fourth-order valence-electron chi connectivity index (χ4n) is 1.61. The predicted molar refractivity (Wildman–Crippen MR) is 79.5 cm³/mol. The number of amides is 2. The molecule has 1 rings (SSSR count).